The van der Waals surface area contributed by atoms with Crippen LogP contribution in [0, 0.1) is 11.6 Å². The number of aromatic nitrogens is 2. The highest BCUT2D eigenvalue weighted by atomic mass is 16.5. The summed E-state index contributed by atoms with van der Waals surface area (Å²) in [5, 5.41) is 8.06. The van der Waals surface area contributed by atoms with Gasteiger partial charge >= 0.3 is 6.19 Å². The van der Waals surface area contributed by atoms with E-state index < -0.39 is 0 Å². The maximum atomic E-state index is 7.34. The predicted octanol–water partition coefficient (Wildman–Crippen LogP) is 2.93. The number of nitrogen functional groups attached to an aromatic ring is 1. The Morgan fingerprint density at radius 3 is 2.44 bits per heavy atom. The molecule has 5 N–H and O–H groups in total. The number of piperidine rings is 1. The molecule has 1 saturated heterocycles. The van der Waals surface area contributed by atoms with E-state index in [1.54, 1.807) is 20.3 Å². The topological polar surface area (TPSA) is 131 Å². The average Bonchev–Trinajstić information content (AvgIpc) is 2.89. The van der Waals surface area contributed by atoms with Crippen molar-refractivity contribution < 1.29 is 9.47 Å². The third-order valence-corrected chi connectivity index (χ3v) is 6.67. The van der Waals surface area contributed by atoms with Crippen molar-refractivity contribution in [1.82, 2.24) is 14.9 Å². The van der Waals surface area contributed by atoms with Gasteiger partial charge in [-0.2, -0.15) is 9.83 Å². The van der Waals surface area contributed by atoms with Crippen LogP contribution in [-0.4, -0.2) is 68.1 Å². The number of nitrogens with zero attached hydrogens (tertiary/aromatic N) is 5. The lowest BCUT2D eigenvalue weighted by atomic mass is 9.72. The van der Waals surface area contributed by atoms with Crippen LogP contribution < -0.4 is 25.8 Å². The molecule has 4 rings (SSSR count). The van der Waals surface area contributed by atoms with E-state index in [2.05, 4.69) is 50.1 Å². The Hall–Kier alpha value is -4.26. The third-order valence-electron chi connectivity index (χ3n) is 6.67. The lowest BCUT2D eigenvalue weighted by molar-refractivity contribution is 0.218. The van der Waals surface area contributed by atoms with E-state index in [0.717, 1.165) is 31.3 Å². The zero-order valence-electron chi connectivity index (χ0n) is 21.0. The Kier molecular flexibility index (Phi) is 7.29. The van der Waals surface area contributed by atoms with E-state index in [9.17, 15) is 0 Å². The second kappa shape index (κ2) is 10.6. The summed E-state index contributed by atoms with van der Waals surface area (Å²) in [5.41, 5.74) is 13.6. The minimum Gasteiger partial charge on any atom is -0.493 e. The first-order valence-electron chi connectivity index (χ1n) is 11.8. The number of benzene rings is 2. The van der Waals surface area contributed by atoms with Gasteiger partial charge in [-0.05, 0) is 24.5 Å². The summed E-state index contributed by atoms with van der Waals surface area (Å²) in [6, 6.07) is 14.2. The van der Waals surface area contributed by atoms with Crippen LogP contribution in [0.4, 0.5) is 11.8 Å². The van der Waals surface area contributed by atoms with E-state index in [-0.39, 0.29) is 17.8 Å². The van der Waals surface area contributed by atoms with Crippen molar-refractivity contribution in [3.63, 3.8) is 0 Å². The maximum Gasteiger partial charge on any atom is 0.371 e. The molecule has 2 heterocycles. The number of amidine groups is 1. The van der Waals surface area contributed by atoms with Gasteiger partial charge in [0.2, 0.25) is 12.5 Å². The fraction of sp³-hybridized carbons (Fsp3) is 0.385. The molecule has 10 nitrogen and oxygen atoms in total. The van der Waals surface area contributed by atoms with Gasteiger partial charge in [-0.15, -0.1) is 0 Å². The zero-order valence-corrected chi connectivity index (χ0v) is 21.0. The fourth-order valence-corrected chi connectivity index (χ4v) is 4.75. The molecule has 0 atom stereocenters. The molecule has 0 spiro atoms. The first-order valence-corrected chi connectivity index (χ1v) is 11.8. The molecule has 0 saturated carbocycles. The Balaban J connectivity index is 1.62. The van der Waals surface area contributed by atoms with Gasteiger partial charge in [-0.25, -0.2) is 9.88 Å². The second-order valence-corrected chi connectivity index (χ2v) is 9.06. The molecule has 10 heteroatoms. The van der Waals surface area contributed by atoms with Crippen LogP contribution in [-0.2, 0) is 5.41 Å². The molecular weight excluding hydrogens is 456 g/mol. The standard InChI is InChI=1S/C26H33N8O2/c1-33(25-31-20-14-22(36-3)21(35-2)13-19(20)24(29)32-25)16-26(18-7-5-4-6-8-18)9-11-34(12-10-26)17-30-15-23(27)28/h4-8,13-14H,9-12,15-16H2,1-3H3,(H3,27,28)(H2,29,31,32)/q+1. The Morgan fingerprint density at radius 1 is 1.14 bits per heavy atom. The molecular formula is C26H33N8O2+. The zero-order chi connectivity index (χ0) is 25.7. The first kappa shape index (κ1) is 24.9. The van der Waals surface area contributed by atoms with Crippen LogP contribution in [0.2, 0.25) is 0 Å². The Morgan fingerprint density at radius 2 is 1.81 bits per heavy atom. The van der Waals surface area contributed by atoms with Crippen molar-refractivity contribution in [1.29, 1.82) is 5.41 Å². The summed E-state index contributed by atoms with van der Waals surface area (Å²) in [4.78, 5) is 17.7. The van der Waals surface area contributed by atoms with Gasteiger partial charge in [-0.1, -0.05) is 30.3 Å². The largest absolute Gasteiger partial charge is 0.493 e. The van der Waals surface area contributed by atoms with Crippen molar-refractivity contribution in [2.24, 2.45) is 5.73 Å². The molecule has 0 amide bonds. The van der Waals surface area contributed by atoms with Crippen LogP contribution in [0.5, 0.6) is 11.5 Å². The monoisotopic (exact) mass is 489 g/mol. The minimum atomic E-state index is -0.112. The number of nitrogens with two attached hydrogens (primary N) is 2. The van der Waals surface area contributed by atoms with E-state index in [1.807, 2.05) is 19.2 Å². The second-order valence-electron chi connectivity index (χ2n) is 9.06. The molecule has 1 aliphatic heterocycles. The van der Waals surface area contributed by atoms with Crippen molar-refractivity contribution in [2.75, 3.05) is 58.1 Å². The van der Waals surface area contributed by atoms with Gasteiger partial charge in [-0.3, -0.25) is 5.41 Å². The quantitative estimate of drug-likeness (QED) is 0.262. The number of methoxy groups -OCH3 is 2. The smallest absolute Gasteiger partial charge is 0.371 e. The molecule has 1 fully saturated rings. The van der Waals surface area contributed by atoms with Crippen molar-refractivity contribution in [3.8, 4) is 17.7 Å². The highest BCUT2D eigenvalue weighted by Gasteiger charge is 2.40. The van der Waals surface area contributed by atoms with Gasteiger partial charge in [0, 0.05) is 30.5 Å². The lowest BCUT2D eigenvalue weighted by Crippen LogP contribution is -2.47. The number of likely N-dealkylation sites (tertiary alicyclic amines) is 1. The predicted molar refractivity (Wildman–Crippen MR) is 143 cm³/mol. The average molecular weight is 490 g/mol. The summed E-state index contributed by atoms with van der Waals surface area (Å²) in [6.07, 6.45) is 4.84. The number of ether oxygens (including phenoxy) is 2. The molecule has 0 radical (unpaired) electrons. The Labute approximate surface area is 211 Å². The number of hydrogen-bond donors (Lipinski definition) is 3. The number of likely N-dealkylation sites (N-methyl/N-ethyl adjacent to an activating group) is 1. The highest BCUT2D eigenvalue weighted by molar-refractivity contribution is 5.91. The molecule has 0 aliphatic carbocycles. The number of anilines is 2. The molecule has 3 aromatic rings. The van der Waals surface area contributed by atoms with Gasteiger partial charge in [0.15, 0.2) is 17.3 Å². The van der Waals surface area contributed by atoms with Crippen molar-refractivity contribution in [3.05, 3.63) is 52.9 Å². The number of hydrogen-bond acceptors (Lipinski definition) is 8. The molecule has 0 bridgehead atoms. The molecule has 188 valence electrons. The number of nitrogens with one attached hydrogen (secondary N) is 1. The van der Waals surface area contributed by atoms with E-state index in [4.69, 9.17) is 31.3 Å². The van der Waals surface area contributed by atoms with Crippen molar-refractivity contribution in [2.45, 2.75) is 18.3 Å². The summed E-state index contributed by atoms with van der Waals surface area (Å²) in [7, 11) is 5.18. The fourth-order valence-electron chi connectivity index (χ4n) is 4.75. The van der Waals surface area contributed by atoms with Crippen LogP contribution in [0.1, 0.15) is 18.4 Å². The van der Waals surface area contributed by atoms with Crippen LogP contribution in [0.25, 0.3) is 15.7 Å². The van der Waals surface area contributed by atoms with E-state index in [0.29, 0.717) is 35.3 Å². The van der Waals surface area contributed by atoms with Crippen LogP contribution >= 0.6 is 0 Å². The highest BCUT2D eigenvalue weighted by Crippen LogP contribution is 2.38. The summed E-state index contributed by atoms with van der Waals surface area (Å²) >= 11 is 0. The maximum absolute atomic E-state index is 7.34. The summed E-state index contributed by atoms with van der Waals surface area (Å²) < 4.78 is 10.9. The van der Waals surface area contributed by atoms with Gasteiger partial charge in [0.05, 0.1) is 32.8 Å². The van der Waals surface area contributed by atoms with Crippen molar-refractivity contribution >= 4 is 28.5 Å². The van der Waals surface area contributed by atoms with E-state index >= 15 is 0 Å². The summed E-state index contributed by atoms with van der Waals surface area (Å²) in [5.74, 6) is 2.15. The summed E-state index contributed by atoms with van der Waals surface area (Å²) in [6.45, 7) is 2.47. The Bertz CT molecular complexity index is 1290. The van der Waals surface area contributed by atoms with Gasteiger partial charge < -0.3 is 25.8 Å². The number of rotatable bonds is 7. The van der Waals surface area contributed by atoms with Crippen LogP contribution in [0.15, 0.2) is 42.5 Å². The van der Waals surface area contributed by atoms with Gasteiger partial charge in [0.25, 0.3) is 0 Å². The molecule has 1 aromatic heterocycles. The lowest BCUT2D eigenvalue weighted by Gasteiger charge is -2.40. The third kappa shape index (κ3) is 5.20. The van der Waals surface area contributed by atoms with Gasteiger partial charge in [0.1, 0.15) is 5.82 Å². The van der Waals surface area contributed by atoms with Crippen LogP contribution in [0.3, 0.4) is 0 Å². The SMILES string of the molecule is COc1cc2nc(N(C)CC3(c4ccccc4)CCN(C#[N+]CC(=N)N)CC3)nc(N)c2cc1OC. The van der Waals surface area contributed by atoms with E-state index in [1.165, 1.54) is 5.56 Å². The normalized spacial score (nSPS) is 14.6. The molecule has 0 unspecified atom stereocenters. The minimum absolute atomic E-state index is 0.0329. The number of fused-ring (bicyclic) bond motifs is 1. The molecule has 2 aromatic carbocycles. The molecule has 36 heavy (non-hydrogen) atoms. The first-order chi connectivity index (χ1) is 17.3. The molecule has 1 aliphatic rings.